The first kappa shape index (κ1) is 12.2. The lowest BCUT2D eigenvalue weighted by atomic mass is 10.1. The maximum absolute atomic E-state index is 11.5. The lowest BCUT2D eigenvalue weighted by Crippen LogP contribution is -2.32. The van der Waals surface area contributed by atoms with Crippen molar-refractivity contribution in [1.82, 2.24) is 19.6 Å². The zero-order valence-electron chi connectivity index (χ0n) is 9.67. The number of ether oxygens (including phenoxy) is 1. The Hall–Kier alpha value is -1.81. The van der Waals surface area contributed by atoms with Gasteiger partial charge in [-0.05, 0) is 0 Å². The van der Waals surface area contributed by atoms with Gasteiger partial charge in [0.1, 0.15) is 24.4 Å². The van der Waals surface area contributed by atoms with Crippen molar-refractivity contribution in [2.24, 2.45) is 0 Å². The number of fused-ring (bicyclic) bond motifs is 1. The Morgan fingerprint density at radius 3 is 2.84 bits per heavy atom. The molecule has 1 aliphatic rings. The van der Waals surface area contributed by atoms with Crippen molar-refractivity contribution in [3.8, 4) is 0 Å². The van der Waals surface area contributed by atoms with Crippen molar-refractivity contribution < 1.29 is 20.1 Å². The Balaban J connectivity index is 2.06. The minimum atomic E-state index is -1.25. The number of aliphatic hydroxyl groups excluding tert-OH is 3. The van der Waals surface area contributed by atoms with Crippen molar-refractivity contribution in [3.05, 3.63) is 28.6 Å². The van der Waals surface area contributed by atoms with E-state index in [1.165, 1.54) is 16.8 Å². The van der Waals surface area contributed by atoms with Gasteiger partial charge in [-0.1, -0.05) is 0 Å². The Labute approximate surface area is 106 Å². The van der Waals surface area contributed by atoms with Crippen molar-refractivity contribution >= 4 is 5.65 Å². The number of aromatic nitrogens is 4. The van der Waals surface area contributed by atoms with E-state index in [4.69, 9.17) is 9.84 Å². The Morgan fingerprint density at radius 2 is 2.16 bits per heavy atom. The number of nitrogens with zero attached hydrogens (tertiary/aromatic N) is 3. The number of rotatable bonds is 2. The van der Waals surface area contributed by atoms with Gasteiger partial charge in [0.2, 0.25) is 5.65 Å². The van der Waals surface area contributed by atoms with Crippen LogP contribution in [0, 0.1) is 0 Å². The van der Waals surface area contributed by atoms with Crippen molar-refractivity contribution in [1.29, 1.82) is 0 Å². The monoisotopic (exact) mass is 268 g/mol. The van der Waals surface area contributed by atoms with Crippen LogP contribution < -0.4 is 5.56 Å². The summed E-state index contributed by atoms with van der Waals surface area (Å²) in [5.41, 5.74) is -0.358. The maximum Gasteiger partial charge on any atom is 0.293 e. The van der Waals surface area contributed by atoms with Crippen LogP contribution in [0.3, 0.4) is 0 Å². The highest BCUT2D eigenvalue weighted by atomic mass is 16.6. The first-order chi connectivity index (χ1) is 9.13. The molecule has 0 bridgehead atoms. The summed E-state index contributed by atoms with van der Waals surface area (Å²) in [6.45, 7) is -0.425. The summed E-state index contributed by atoms with van der Waals surface area (Å²) < 4.78 is 6.72. The van der Waals surface area contributed by atoms with E-state index in [0.29, 0.717) is 0 Å². The molecule has 19 heavy (non-hydrogen) atoms. The van der Waals surface area contributed by atoms with Gasteiger partial charge in [-0.3, -0.25) is 9.20 Å². The van der Waals surface area contributed by atoms with Crippen LogP contribution >= 0.6 is 0 Å². The molecule has 0 aromatic carbocycles. The van der Waals surface area contributed by atoms with Gasteiger partial charge in [0.15, 0.2) is 5.82 Å². The average Bonchev–Trinajstić information content (AvgIpc) is 2.94. The molecule has 0 radical (unpaired) electrons. The molecule has 0 amide bonds. The number of H-pyrrole nitrogens is 1. The molecule has 0 aliphatic carbocycles. The van der Waals surface area contributed by atoms with Crippen LogP contribution in [-0.2, 0) is 4.74 Å². The van der Waals surface area contributed by atoms with Crippen molar-refractivity contribution in [3.63, 3.8) is 0 Å². The third-order valence-electron chi connectivity index (χ3n) is 3.16. The summed E-state index contributed by atoms with van der Waals surface area (Å²) in [4.78, 5) is 13.9. The summed E-state index contributed by atoms with van der Waals surface area (Å²) in [6, 6.07) is 0. The minimum absolute atomic E-state index is 0.0650. The minimum Gasteiger partial charge on any atom is -0.394 e. The molecule has 0 saturated carbocycles. The molecular weight excluding hydrogens is 256 g/mol. The molecule has 2 aromatic heterocycles. The van der Waals surface area contributed by atoms with Crippen LogP contribution in [0.5, 0.6) is 0 Å². The highest BCUT2D eigenvalue weighted by Crippen LogP contribution is 2.32. The molecule has 1 saturated heterocycles. The molecule has 2 aromatic rings. The molecule has 9 heteroatoms. The summed E-state index contributed by atoms with van der Waals surface area (Å²) >= 11 is 0. The number of hydrogen-bond acceptors (Lipinski definition) is 7. The number of nitrogens with one attached hydrogen (secondary N) is 1. The molecule has 0 unspecified atom stereocenters. The van der Waals surface area contributed by atoms with Crippen molar-refractivity contribution in [2.45, 2.75) is 24.4 Å². The molecule has 3 heterocycles. The van der Waals surface area contributed by atoms with E-state index in [2.05, 4.69) is 15.2 Å². The SMILES string of the molecule is O=c1[nH]ccn2c([C@@H]3O[C@H](CO)[C@@H](O)[C@H]3O)nnc12. The van der Waals surface area contributed by atoms with E-state index in [1.54, 1.807) is 0 Å². The summed E-state index contributed by atoms with van der Waals surface area (Å²) in [5.74, 6) is 0.198. The number of aliphatic hydroxyl groups is 3. The predicted molar refractivity (Wildman–Crippen MR) is 60.3 cm³/mol. The van der Waals surface area contributed by atoms with E-state index >= 15 is 0 Å². The zero-order chi connectivity index (χ0) is 13.6. The molecule has 4 atom stereocenters. The summed E-state index contributed by atoms with van der Waals surface area (Å²) in [7, 11) is 0. The maximum atomic E-state index is 11.5. The largest absolute Gasteiger partial charge is 0.394 e. The van der Waals surface area contributed by atoms with Crippen LogP contribution in [0.25, 0.3) is 5.65 Å². The lowest BCUT2D eigenvalue weighted by molar-refractivity contribution is -0.0255. The fourth-order valence-corrected chi connectivity index (χ4v) is 2.16. The van der Waals surface area contributed by atoms with Crippen molar-refractivity contribution in [2.75, 3.05) is 6.61 Å². The molecule has 9 nitrogen and oxygen atoms in total. The van der Waals surface area contributed by atoms with E-state index < -0.39 is 36.6 Å². The van der Waals surface area contributed by atoms with Crippen LogP contribution in [-0.4, -0.2) is 59.8 Å². The standard InChI is InChI=1S/C10H12N4O5/c15-3-4-5(16)6(17)7(19-4)8-12-13-9-10(18)11-1-2-14(8)9/h1-2,4-7,15-17H,3H2,(H,11,18)/t4-,5-,6-,7-/m1/s1. The summed E-state index contributed by atoms with van der Waals surface area (Å²) in [5, 5.41) is 36.1. The van der Waals surface area contributed by atoms with Gasteiger partial charge in [-0.15, -0.1) is 10.2 Å². The van der Waals surface area contributed by atoms with E-state index in [1.807, 2.05) is 0 Å². The normalized spacial score (nSPS) is 31.1. The molecular formula is C10H12N4O5. The smallest absolute Gasteiger partial charge is 0.293 e. The van der Waals surface area contributed by atoms with E-state index in [-0.39, 0.29) is 11.5 Å². The Bertz CT molecular complexity index is 653. The number of aromatic amines is 1. The van der Waals surface area contributed by atoms with E-state index in [9.17, 15) is 15.0 Å². The van der Waals surface area contributed by atoms with Gasteiger partial charge < -0.3 is 25.0 Å². The second-order valence-corrected chi connectivity index (χ2v) is 4.30. The Kier molecular flexibility index (Phi) is 2.82. The molecule has 102 valence electrons. The van der Waals surface area contributed by atoms with Crippen LogP contribution in [0.1, 0.15) is 11.9 Å². The highest BCUT2D eigenvalue weighted by molar-refractivity contribution is 5.34. The second-order valence-electron chi connectivity index (χ2n) is 4.30. The van der Waals surface area contributed by atoms with Crippen LogP contribution in [0.15, 0.2) is 17.2 Å². The molecule has 4 N–H and O–H groups in total. The molecule has 3 rings (SSSR count). The highest BCUT2D eigenvalue weighted by Gasteiger charge is 2.45. The van der Waals surface area contributed by atoms with Crippen LogP contribution in [0.4, 0.5) is 0 Å². The Morgan fingerprint density at radius 1 is 1.37 bits per heavy atom. The van der Waals surface area contributed by atoms with Gasteiger partial charge in [-0.25, -0.2) is 0 Å². The molecule has 1 aliphatic heterocycles. The van der Waals surface area contributed by atoms with E-state index in [0.717, 1.165) is 0 Å². The first-order valence-electron chi connectivity index (χ1n) is 5.68. The van der Waals surface area contributed by atoms with Gasteiger partial charge in [-0.2, -0.15) is 0 Å². The quantitative estimate of drug-likeness (QED) is 0.476. The third kappa shape index (κ3) is 1.75. The van der Waals surface area contributed by atoms with Gasteiger partial charge >= 0.3 is 0 Å². The lowest BCUT2D eigenvalue weighted by Gasteiger charge is -2.12. The first-order valence-corrected chi connectivity index (χ1v) is 5.68. The summed E-state index contributed by atoms with van der Waals surface area (Å²) in [6.07, 6.45) is -1.39. The molecule has 0 spiro atoms. The zero-order valence-corrected chi connectivity index (χ0v) is 9.67. The van der Waals surface area contributed by atoms with Crippen LogP contribution in [0.2, 0.25) is 0 Å². The third-order valence-corrected chi connectivity index (χ3v) is 3.16. The van der Waals surface area contributed by atoms with Gasteiger partial charge in [0.25, 0.3) is 5.56 Å². The average molecular weight is 268 g/mol. The topological polar surface area (TPSA) is 133 Å². The fraction of sp³-hybridized carbons (Fsp3) is 0.500. The fourth-order valence-electron chi connectivity index (χ4n) is 2.16. The number of hydrogen-bond donors (Lipinski definition) is 4. The van der Waals surface area contributed by atoms with Gasteiger partial charge in [0.05, 0.1) is 6.61 Å². The molecule has 1 fully saturated rings. The van der Waals surface area contributed by atoms with Gasteiger partial charge in [0, 0.05) is 12.4 Å². The predicted octanol–water partition coefficient (Wildman–Crippen LogP) is -2.43. The second kappa shape index (κ2) is 4.38.